The van der Waals surface area contributed by atoms with Crippen LogP contribution in [-0.2, 0) is 17.6 Å². The number of rotatable bonds is 6. The molecule has 0 spiro atoms. The zero-order valence-electron chi connectivity index (χ0n) is 16.7. The molecule has 6 rings (SSSR count). The predicted molar refractivity (Wildman–Crippen MR) is 103 cm³/mol. The number of halogens is 5. The fraction of sp³-hybridized carbons (Fsp3) is 0.348. The minimum absolute atomic E-state index is 0.0325. The fourth-order valence-electron chi connectivity index (χ4n) is 5.45. The summed E-state index contributed by atoms with van der Waals surface area (Å²) in [5, 5.41) is 12.7. The summed E-state index contributed by atoms with van der Waals surface area (Å²) in [6, 6.07) is 10.6. The summed E-state index contributed by atoms with van der Waals surface area (Å²) in [5.41, 5.74) is -5.25. The van der Waals surface area contributed by atoms with Gasteiger partial charge in [-0.05, 0) is 54.5 Å². The molecular formula is C23H17F5N4. The first-order chi connectivity index (χ1) is 15.1. The Morgan fingerprint density at radius 3 is 2.28 bits per heavy atom. The molecule has 0 N–H and O–H groups in total. The van der Waals surface area contributed by atoms with Crippen LogP contribution in [0.25, 0.3) is 0 Å². The van der Waals surface area contributed by atoms with Gasteiger partial charge in [-0.1, -0.05) is 12.1 Å². The second kappa shape index (κ2) is 6.61. The van der Waals surface area contributed by atoms with Crippen molar-refractivity contribution in [3.05, 3.63) is 83.4 Å². The van der Waals surface area contributed by atoms with E-state index in [1.54, 1.807) is 24.3 Å². The van der Waals surface area contributed by atoms with E-state index in [4.69, 9.17) is 5.26 Å². The highest BCUT2D eigenvalue weighted by molar-refractivity contribution is 5.45. The lowest BCUT2D eigenvalue weighted by Crippen LogP contribution is -2.75. The normalized spacial score (nSPS) is 25.9. The Balaban J connectivity index is 1.50. The molecular weight excluding hydrogens is 427 g/mol. The molecule has 3 aliphatic rings. The van der Waals surface area contributed by atoms with Gasteiger partial charge in [0.25, 0.3) is 5.92 Å². The van der Waals surface area contributed by atoms with E-state index in [0.29, 0.717) is 11.6 Å². The lowest BCUT2D eigenvalue weighted by molar-refractivity contribution is -0.332. The second-order valence-electron chi connectivity index (χ2n) is 8.87. The van der Waals surface area contributed by atoms with Crippen molar-refractivity contribution in [2.45, 2.75) is 42.8 Å². The molecule has 3 aliphatic carbocycles. The van der Waals surface area contributed by atoms with E-state index in [2.05, 4.69) is 10.1 Å². The maximum Gasteiger partial charge on any atom is 0.293 e. The smallest absolute Gasteiger partial charge is 0.249 e. The highest BCUT2D eigenvalue weighted by atomic mass is 19.3. The van der Waals surface area contributed by atoms with Crippen molar-refractivity contribution in [3.8, 4) is 6.07 Å². The van der Waals surface area contributed by atoms with Crippen LogP contribution in [0.1, 0.15) is 36.0 Å². The number of nitriles is 1. The average Bonchev–Trinajstić information content (AvgIpc) is 3.18. The van der Waals surface area contributed by atoms with Crippen LogP contribution in [0.5, 0.6) is 0 Å². The van der Waals surface area contributed by atoms with Crippen LogP contribution < -0.4 is 0 Å². The molecule has 2 bridgehead atoms. The number of benzene rings is 2. The molecule has 1 atom stereocenters. The Bertz CT molecular complexity index is 1200. The maximum atomic E-state index is 16.4. The third-order valence-electron chi connectivity index (χ3n) is 7.02. The van der Waals surface area contributed by atoms with Crippen LogP contribution in [0.15, 0.2) is 55.1 Å². The van der Waals surface area contributed by atoms with Gasteiger partial charge in [-0.2, -0.15) is 10.4 Å². The SMILES string of the molecule is N#Cc1ccc(C23CC(C(F)(F)[C@@](F)(Cn4cncn4)c4ccc(F)cc4F)(C2)C3)cc1. The highest BCUT2D eigenvalue weighted by Gasteiger charge is 2.82. The van der Waals surface area contributed by atoms with Crippen molar-refractivity contribution in [2.24, 2.45) is 5.41 Å². The molecule has 0 radical (unpaired) electrons. The highest BCUT2D eigenvalue weighted by Crippen LogP contribution is 2.80. The second-order valence-corrected chi connectivity index (χ2v) is 8.87. The van der Waals surface area contributed by atoms with Crippen LogP contribution in [0.3, 0.4) is 0 Å². The Kier molecular flexibility index (Phi) is 4.26. The Morgan fingerprint density at radius 1 is 1.03 bits per heavy atom. The van der Waals surface area contributed by atoms with Gasteiger partial charge in [-0.3, -0.25) is 0 Å². The number of aromatic nitrogens is 3. The van der Waals surface area contributed by atoms with Gasteiger partial charge in [0.2, 0.25) is 5.67 Å². The third kappa shape index (κ3) is 2.65. The summed E-state index contributed by atoms with van der Waals surface area (Å²) < 4.78 is 77.2. The van der Waals surface area contributed by atoms with Gasteiger partial charge < -0.3 is 0 Å². The van der Waals surface area contributed by atoms with Gasteiger partial charge in [-0.15, -0.1) is 0 Å². The van der Waals surface area contributed by atoms with Crippen molar-refractivity contribution in [1.82, 2.24) is 14.8 Å². The molecule has 1 heterocycles. The molecule has 4 nitrogen and oxygen atoms in total. The zero-order valence-corrected chi connectivity index (χ0v) is 16.7. The van der Waals surface area contributed by atoms with Gasteiger partial charge >= 0.3 is 0 Å². The first kappa shape index (κ1) is 20.6. The van der Waals surface area contributed by atoms with Crippen LogP contribution in [0.2, 0.25) is 0 Å². The maximum absolute atomic E-state index is 16.4. The van der Waals surface area contributed by atoms with Gasteiger partial charge in [0.15, 0.2) is 0 Å². The Hall–Kier alpha value is -3.28. The average molecular weight is 444 g/mol. The summed E-state index contributed by atoms with van der Waals surface area (Å²) in [6.07, 6.45) is 2.24. The number of hydrogen-bond donors (Lipinski definition) is 0. The fourth-order valence-corrected chi connectivity index (χ4v) is 5.45. The first-order valence-corrected chi connectivity index (χ1v) is 10.0. The third-order valence-corrected chi connectivity index (χ3v) is 7.02. The molecule has 3 aromatic rings. The van der Waals surface area contributed by atoms with Crippen LogP contribution in [0.4, 0.5) is 22.0 Å². The molecule has 2 aromatic carbocycles. The first-order valence-electron chi connectivity index (χ1n) is 10.0. The van der Waals surface area contributed by atoms with Crippen molar-refractivity contribution >= 4 is 0 Å². The van der Waals surface area contributed by atoms with E-state index in [0.717, 1.165) is 35.0 Å². The van der Waals surface area contributed by atoms with Crippen molar-refractivity contribution in [3.63, 3.8) is 0 Å². The number of nitrogens with zero attached hydrogens (tertiary/aromatic N) is 4. The van der Waals surface area contributed by atoms with E-state index in [-0.39, 0.29) is 19.3 Å². The minimum Gasteiger partial charge on any atom is -0.249 e. The molecule has 0 saturated heterocycles. The van der Waals surface area contributed by atoms with Gasteiger partial charge in [0.05, 0.1) is 18.2 Å². The van der Waals surface area contributed by atoms with Crippen molar-refractivity contribution in [1.29, 1.82) is 5.26 Å². The Morgan fingerprint density at radius 2 is 1.72 bits per heavy atom. The van der Waals surface area contributed by atoms with E-state index < -0.39 is 46.2 Å². The standard InChI is InChI=1S/C23H17F5N4/c24-17-5-6-18(19(25)7-17)22(26,12-32-14-30-13-31-32)23(27,28)21-9-20(10-21,11-21)16-3-1-15(8-29)2-4-16/h1-7,13-14H,9-12H2/t20?,21?,22-/m1/s1. The molecule has 1 aromatic heterocycles. The molecule has 3 fully saturated rings. The summed E-state index contributed by atoms with van der Waals surface area (Å²) >= 11 is 0. The molecule has 9 heteroatoms. The van der Waals surface area contributed by atoms with Gasteiger partial charge in [0, 0.05) is 17.0 Å². The van der Waals surface area contributed by atoms with Crippen molar-refractivity contribution in [2.75, 3.05) is 0 Å². The topological polar surface area (TPSA) is 54.5 Å². The van der Waals surface area contributed by atoms with Crippen LogP contribution in [-0.4, -0.2) is 20.7 Å². The summed E-state index contributed by atoms with van der Waals surface area (Å²) in [5.74, 6) is -6.32. The van der Waals surface area contributed by atoms with Gasteiger partial charge in [0.1, 0.15) is 24.3 Å². The van der Waals surface area contributed by atoms with Crippen LogP contribution >= 0.6 is 0 Å². The molecule has 0 amide bonds. The summed E-state index contributed by atoms with van der Waals surface area (Å²) in [6.45, 7) is -0.964. The monoisotopic (exact) mass is 444 g/mol. The summed E-state index contributed by atoms with van der Waals surface area (Å²) in [7, 11) is 0. The molecule has 164 valence electrons. The molecule has 0 aliphatic heterocycles. The van der Waals surface area contributed by atoms with E-state index >= 15 is 13.2 Å². The summed E-state index contributed by atoms with van der Waals surface area (Å²) in [4.78, 5) is 3.65. The van der Waals surface area contributed by atoms with Gasteiger partial charge in [-0.25, -0.2) is 31.6 Å². The minimum atomic E-state index is -3.96. The number of alkyl halides is 3. The Labute approximate surface area is 180 Å². The molecule has 0 unspecified atom stereocenters. The molecule has 32 heavy (non-hydrogen) atoms. The van der Waals surface area contributed by atoms with Crippen LogP contribution in [0, 0.1) is 28.4 Å². The lowest BCUT2D eigenvalue weighted by Gasteiger charge is -2.74. The largest absolute Gasteiger partial charge is 0.293 e. The quantitative estimate of drug-likeness (QED) is 0.500. The molecule has 3 saturated carbocycles. The van der Waals surface area contributed by atoms with Crippen molar-refractivity contribution < 1.29 is 22.0 Å². The van der Waals surface area contributed by atoms with E-state index in [9.17, 15) is 8.78 Å². The zero-order chi connectivity index (χ0) is 22.8. The lowest BCUT2D eigenvalue weighted by atomic mass is 9.30. The van der Waals surface area contributed by atoms with E-state index in [1.165, 1.54) is 0 Å². The number of hydrogen-bond acceptors (Lipinski definition) is 3. The predicted octanol–water partition coefficient (Wildman–Crippen LogP) is 5.05. The van der Waals surface area contributed by atoms with E-state index in [1.807, 2.05) is 6.07 Å².